The van der Waals surface area contributed by atoms with Gasteiger partial charge in [0.15, 0.2) is 0 Å². The molecule has 0 atom stereocenters. The second-order valence-corrected chi connectivity index (χ2v) is 10.2. The maximum atomic E-state index is 6.50. The number of imidazole rings is 1. The minimum absolute atomic E-state index is 0.794. The number of hydrogen-bond acceptors (Lipinski definition) is 3. The summed E-state index contributed by atoms with van der Waals surface area (Å²) in [5.41, 5.74) is 7.20. The second-order valence-electron chi connectivity index (χ2n) is 10.2. The minimum Gasteiger partial charge on any atom is -0.457 e. The molecule has 192 valence electrons. The maximum absolute atomic E-state index is 6.50. The van der Waals surface area contributed by atoms with Crippen LogP contribution in [0, 0.1) is 0 Å². The Kier molecular flexibility index (Phi) is 5.10. The highest BCUT2D eigenvalue weighted by Gasteiger charge is 2.20. The number of pyridine rings is 1. The van der Waals surface area contributed by atoms with E-state index in [4.69, 9.17) is 9.72 Å². The van der Waals surface area contributed by atoms with Crippen molar-refractivity contribution in [3.63, 3.8) is 0 Å². The monoisotopic (exact) mass is 518 g/mol. The Morgan fingerprint density at radius 1 is 0.750 bits per heavy atom. The zero-order valence-electron chi connectivity index (χ0n) is 22.1. The van der Waals surface area contributed by atoms with Crippen LogP contribution in [0.25, 0.3) is 55.3 Å². The third kappa shape index (κ3) is 3.41. The Labute approximate surface area is 231 Å². The largest absolute Gasteiger partial charge is 0.457 e. The topological polar surface area (TPSA) is 43.8 Å². The zero-order chi connectivity index (χ0) is 26.6. The van der Waals surface area contributed by atoms with Crippen LogP contribution >= 0.6 is 0 Å². The van der Waals surface area contributed by atoms with Crippen LogP contribution in [0.3, 0.4) is 0 Å². The third-order valence-corrected chi connectivity index (χ3v) is 7.96. The molecule has 40 heavy (non-hydrogen) atoms. The standard InChI is InChI=1S/C35H26N4O/c1-36-18-5-2-6-19-38-32-11-4-3-9-28(32)29-17-15-26(21-33(29)38)40-25-14-16-27-30-10-7-8-23-12-13-24-22-37-35(31(27)20-25)39(24)34(23)30/h2-11,14-22H,12-13H2,1H3/b5-2-,19-6+,36-18-. The molecular formula is C35H26N4O. The fourth-order valence-electron chi connectivity index (χ4n) is 6.22. The van der Waals surface area contributed by atoms with Crippen molar-refractivity contribution in [2.75, 3.05) is 7.05 Å². The minimum atomic E-state index is 0.794. The summed E-state index contributed by atoms with van der Waals surface area (Å²) in [6.07, 6.45) is 13.9. The number of fused-ring (bicyclic) bond motifs is 6. The van der Waals surface area contributed by atoms with Gasteiger partial charge in [0.2, 0.25) is 0 Å². The number of allylic oxidation sites excluding steroid dienone is 3. The highest BCUT2D eigenvalue weighted by Crippen LogP contribution is 2.38. The van der Waals surface area contributed by atoms with E-state index in [9.17, 15) is 0 Å². The number of rotatable bonds is 5. The molecule has 0 radical (unpaired) electrons. The first kappa shape index (κ1) is 22.8. The van der Waals surface area contributed by atoms with Crippen LogP contribution in [0.5, 0.6) is 11.5 Å². The highest BCUT2D eigenvalue weighted by molar-refractivity contribution is 6.13. The summed E-state index contributed by atoms with van der Waals surface area (Å²) in [5, 5.41) is 5.98. The van der Waals surface area contributed by atoms with Crippen LogP contribution in [0.1, 0.15) is 11.3 Å². The van der Waals surface area contributed by atoms with Crippen LogP contribution in [0.4, 0.5) is 0 Å². The molecule has 1 aliphatic heterocycles. The molecule has 0 saturated carbocycles. The number of aromatic nitrogens is 3. The quantitative estimate of drug-likeness (QED) is 0.131. The van der Waals surface area contributed by atoms with Crippen LogP contribution in [-0.4, -0.2) is 27.2 Å². The average molecular weight is 519 g/mol. The molecule has 0 unspecified atom stereocenters. The summed E-state index contributed by atoms with van der Waals surface area (Å²) in [4.78, 5) is 8.86. The lowest BCUT2D eigenvalue weighted by Gasteiger charge is -2.18. The molecule has 0 aliphatic carbocycles. The molecule has 0 saturated heterocycles. The van der Waals surface area contributed by atoms with E-state index >= 15 is 0 Å². The molecule has 4 aromatic carbocycles. The van der Waals surface area contributed by atoms with Gasteiger partial charge in [0.25, 0.3) is 0 Å². The summed E-state index contributed by atoms with van der Waals surface area (Å²) in [6, 6.07) is 27.8. The molecule has 0 amide bonds. The van der Waals surface area contributed by atoms with Gasteiger partial charge in [-0.05, 0) is 72.3 Å². The third-order valence-electron chi connectivity index (χ3n) is 7.96. The summed E-state index contributed by atoms with van der Waals surface area (Å²) < 4.78 is 11.1. The summed E-state index contributed by atoms with van der Waals surface area (Å²) in [7, 11) is 1.77. The SMILES string of the molecule is C\N=C/C=C\C=C\n1c2ccccc2c2ccc(Oc3ccc4c(c3)c3ncc5n3c3c(cccc43)CC5)cc21. The number of ether oxygens (including phenoxy) is 1. The first-order chi connectivity index (χ1) is 19.8. The van der Waals surface area contributed by atoms with E-state index < -0.39 is 0 Å². The second kappa shape index (κ2) is 8.95. The molecule has 3 aromatic heterocycles. The molecule has 5 nitrogen and oxygen atoms in total. The van der Waals surface area contributed by atoms with Crippen molar-refractivity contribution in [2.45, 2.75) is 12.8 Å². The van der Waals surface area contributed by atoms with Crippen LogP contribution in [0.2, 0.25) is 0 Å². The van der Waals surface area contributed by atoms with Crippen molar-refractivity contribution in [3.8, 4) is 11.5 Å². The van der Waals surface area contributed by atoms with E-state index in [1.165, 1.54) is 38.3 Å². The first-order valence-electron chi connectivity index (χ1n) is 13.6. The van der Waals surface area contributed by atoms with Gasteiger partial charge in [-0.1, -0.05) is 42.5 Å². The number of aliphatic imine (C=N–C) groups is 1. The zero-order valence-corrected chi connectivity index (χ0v) is 22.1. The van der Waals surface area contributed by atoms with Crippen LogP contribution in [0.15, 0.2) is 108 Å². The van der Waals surface area contributed by atoms with Gasteiger partial charge in [0, 0.05) is 59.0 Å². The van der Waals surface area contributed by atoms with Crippen LogP contribution < -0.4 is 4.74 Å². The highest BCUT2D eigenvalue weighted by atomic mass is 16.5. The van der Waals surface area contributed by atoms with Gasteiger partial charge < -0.3 is 9.30 Å². The van der Waals surface area contributed by atoms with Crippen molar-refractivity contribution in [3.05, 3.63) is 115 Å². The Balaban J connectivity index is 1.25. The summed E-state index contributed by atoms with van der Waals surface area (Å²) >= 11 is 0. The van der Waals surface area contributed by atoms with Gasteiger partial charge in [0.1, 0.15) is 17.1 Å². The molecule has 5 heteroatoms. The maximum Gasteiger partial charge on any atom is 0.145 e. The molecule has 0 bridgehead atoms. The molecule has 0 fully saturated rings. The lowest BCUT2D eigenvalue weighted by atomic mass is 9.97. The number of hydrogen-bond donors (Lipinski definition) is 0. The van der Waals surface area contributed by atoms with E-state index in [0.29, 0.717) is 0 Å². The van der Waals surface area contributed by atoms with Gasteiger partial charge in [-0.3, -0.25) is 9.39 Å². The van der Waals surface area contributed by atoms with Gasteiger partial charge in [-0.25, -0.2) is 4.98 Å². The lowest BCUT2D eigenvalue weighted by molar-refractivity contribution is 0.484. The molecule has 8 rings (SSSR count). The molecule has 0 spiro atoms. The van der Waals surface area contributed by atoms with Gasteiger partial charge in [-0.2, -0.15) is 0 Å². The van der Waals surface area contributed by atoms with Gasteiger partial charge in [0.05, 0.1) is 16.6 Å². The number of benzene rings is 4. The summed E-state index contributed by atoms with van der Waals surface area (Å²) in [6.45, 7) is 0. The van der Waals surface area contributed by atoms with Crippen molar-refractivity contribution in [1.82, 2.24) is 14.0 Å². The van der Waals surface area contributed by atoms with Crippen molar-refractivity contribution < 1.29 is 4.74 Å². The van der Waals surface area contributed by atoms with E-state index in [1.807, 2.05) is 24.4 Å². The fourth-order valence-corrected chi connectivity index (χ4v) is 6.22. The number of aryl methyl sites for hydroxylation is 2. The van der Waals surface area contributed by atoms with Crippen molar-refractivity contribution >= 4 is 61.5 Å². The Hall–Kier alpha value is -5.16. The first-order valence-corrected chi connectivity index (χ1v) is 13.6. The molecule has 1 aliphatic rings. The Bertz CT molecular complexity index is 2210. The normalized spacial score (nSPS) is 13.6. The smallest absolute Gasteiger partial charge is 0.145 e. The number of nitrogens with zero attached hydrogens (tertiary/aromatic N) is 4. The van der Waals surface area contributed by atoms with E-state index in [1.54, 1.807) is 13.3 Å². The predicted octanol–water partition coefficient (Wildman–Crippen LogP) is 8.37. The van der Waals surface area contributed by atoms with Crippen molar-refractivity contribution in [2.24, 2.45) is 4.99 Å². The van der Waals surface area contributed by atoms with E-state index in [2.05, 4.69) is 99.0 Å². The molecule has 7 aromatic rings. The molecule has 0 N–H and O–H groups in total. The fraction of sp³-hybridized carbons (Fsp3) is 0.0857. The van der Waals surface area contributed by atoms with Crippen LogP contribution in [-0.2, 0) is 12.8 Å². The van der Waals surface area contributed by atoms with E-state index in [-0.39, 0.29) is 0 Å². The van der Waals surface area contributed by atoms with Crippen molar-refractivity contribution in [1.29, 1.82) is 0 Å². The Morgan fingerprint density at radius 3 is 2.50 bits per heavy atom. The average Bonchev–Trinajstić information content (AvgIpc) is 3.57. The summed E-state index contributed by atoms with van der Waals surface area (Å²) in [5.74, 6) is 1.59. The molecular weight excluding hydrogens is 492 g/mol. The Morgan fingerprint density at radius 2 is 1.57 bits per heavy atom. The van der Waals surface area contributed by atoms with E-state index in [0.717, 1.165) is 46.4 Å². The predicted molar refractivity (Wildman–Crippen MR) is 166 cm³/mol. The van der Waals surface area contributed by atoms with Gasteiger partial charge >= 0.3 is 0 Å². The van der Waals surface area contributed by atoms with Gasteiger partial charge in [-0.15, -0.1) is 0 Å². The lowest BCUT2D eigenvalue weighted by Crippen LogP contribution is -2.07. The molecule has 4 heterocycles. The number of para-hydroxylation sites is 2.